The fourth-order valence-corrected chi connectivity index (χ4v) is 1.90. The van der Waals surface area contributed by atoms with E-state index in [1.54, 1.807) is 25.3 Å². The fraction of sp³-hybridized carbons (Fsp3) is 0.250. The number of rotatable bonds is 7. The van der Waals surface area contributed by atoms with Gasteiger partial charge in [0, 0.05) is 12.5 Å². The molecule has 21 heavy (non-hydrogen) atoms. The summed E-state index contributed by atoms with van der Waals surface area (Å²) in [4.78, 5) is 0. The summed E-state index contributed by atoms with van der Waals surface area (Å²) in [5, 5.41) is 0.529. The van der Waals surface area contributed by atoms with Gasteiger partial charge in [0.05, 0.1) is 31.0 Å². The van der Waals surface area contributed by atoms with E-state index in [0.717, 1.165) is 17.9 Å². The normalized spacial score (nSPS) is 10.2. The predicted octanol–water partition coefficient (Wildman–Crippen LogP) is 3.78. The van der Waals surface area contributed by atoms with Gasteiger partial charge in [-0.3, -0.25) is 0 Å². The minimum absolute atomic E-state index is 0.513. The van der Waals surface area contributed by atoms with Crippen LogP contribution in [0.5, 0.6) is 17.2 Å². The van der Waals surface area contributed by atoms with Crippen molar-refractivity contribution in [3.8, 4) is 17.2 Å². The van der Waals surface area contributed by atoms with E-state index in [1.807, 2.05) is 24.3 Å². The molecule has 0 saturated carbocycles. The molecular formula is C16H18ClNO3. The summed E-state index contributed by atoms with van der Waals surface area (Å²) in [6.45, 7) is 1.08. The Hall–Kier alpha value is -2.07. The van der Waals surface area contributed by atoms with Gasteiger partial charge in [0.2, 0.25) is 0 Å². The van der Waals surface area contributed by atoms with Gasteiger partial charge in [0.25, 0.3) is 0 Å². The first-order valence-corrected chi connectivity index (χ1v) is 7.02. The molecule has 2 aromatic rings. The molecule has 0 aliphatic heterocycles. The Balaban J connectivity index is 1.73. The zero-order valence-electron chi connectivity index (χ0n) is 11.8. The molecule has 0 aliphatic carbocycles. The van der Waals surface area contributed by atoms with E-state index in [0.29, 0.717) is 29.7 Å². The molecule has 0 amide bonds. The van der Waals surface area contributed by atoms with Crippen LogP contribution < -0.4 is 19.9 Å². The summed E-state index contributed by atoms with van der Waals surface area (Å²) in [6, 6.07) is 12.8. The molecule has 0 saturated heterocycles. The van der Waals surface area contributed by atoms with Crippen LogP contribution in [-0.2, 0) is 0 Å². The van der Waals surface area contributed by atoms with Crippen LogP contribution in [-0.4, -0.2) is 20.3 Å². The van der Waals surface area contributed by atoms with Crippen LogP contribution in [0.4, 0.5) is 5.69 Å². The molecule has 0 aliphatic rings. The van der Waals surface area contributed by atoms with E-state index in [9.17, 15) is 0 Å². The highest BCUT2D eigenvalue weighted by Gasteiger charge is 2.02. The number of nitrogen functional groups attached to an aromatic ring is 1. The van der Waals surface area contributed by atoms with E-state index < -0.39 is 0 Å². The van der Waals surface area contributed by atoms with Gasteiger partial charge in [-0.25, -0.2) is 0 Å². The molecule has 0 heterocycles. The second-order valence-electron chi connectivity index (χ2n) is 4.38. The quantitative estimate of drug-likeness (QED) is 0.625. The van der Waals surface area contributed by atoms with Crippen molar-refractivity contribution in [1.82, 2.24) is 0 Å². The van der Waals surface area contributed by atoms with E-state index in [-0.39, 0.29) is 0 Å². The van der Waals surface area contributed by atoms with Gasteiger partial charge in [0.1, 0.15) is 5.75 Å². The molecule has 0 atom stereocenters. The first kappa shape index (κ1) is 15.3. The van der Waals surface area contributed by atoms with Gasteiger partial charge in [-0.1, -0.05) is 23.7 Å². The molecule has 0 unspecified atom stereocenters. The van der Waals surface area contributed by atoms with Crippen molar-refractivity contribution in [2.75, 3.05) is 26.1 Å². The van der Waals surface area contributed by atoms with Crippen molar-refractivity contribution in [2.45, 2.75) is 6.42 Å². The van der Waals surface area contributed by atoms with Crippen LogP contribution in [0.3, 0.4) is 0 Å². The summed E-state index contributed by atoms with van der Waals surface area (Å²) < 4.78 is 16.5. The molecule has 5 heteroatoms. The van der Waals surface area contributed by atoms with Gasteiger partial charge in [-0.15, -0.1) is 0 Å². The van der Waals surface area contributed by atoms with Gasteiger partial charge >= 0.3 is 0 Å². The molecule has 0 aromatic heterocycles. The fourth-order valence-electron chi connectivity index (χ4n) is 1.78. The van der Waals surface area contributed by atoms with E-state index in [4.69, 9.17) is 31.5 Å². The number of hydrogen-bond donors (Lipinski definition) is 1. The largest absolute Gasteiger partial charge is 0.493 e. The van der Waals surface area contributed by atoms with Gasteiger partial charge in [0.15, 0.2) is 11.5 Å². The van der Waals surface area contributed by atoms with Crippen molar-refractivity contribution < 1.29 is 14.2 Å². The second kappa shape index (κ2) is 7.64. The van der Waals surface area contributed by atoms with Crippen molar-refractivity contribution >= 4 is 17.3 Å². The number of methoxy groups -OCH3 is 1. The number of anilines is 1. The second-order valence-corrected chi connectivity index (χ2v) is 4.79. The van der Waals surface area contributed by atoms with E-state index in [2.05, 4.69) is 0 Å². The van der Waals surface area contributed by atoms with Crippen LogP contribution in [0.1, 0.15) is 6.42 Å². The summed E-state index contributed by atoms with van der Waals surface area (Å²) >= 11 is 5.85. The minimum atomic E-state index is 0.513. The first-order valence-electron chi connectivity index (χ1n) is 6.64. The van der Waals surface area contributed by atoms with Crippen molar-refractivity contribution in [1.29, 1.82) is 0 Å². The molecule has 0 radical (unpaired) electrons. The zero-order chi connectivity index (χ0) is 15.1. The Morgan fingerprint density at radius 1 is 1.00 bits per heavy atom. The predicted molar refractivity (Wildman–Crippen MR) is 84.5 cm³/mol. The van der Waals surface area contributed by atoms with Crippen molar-refractivity contribution in [3.63, 3.8) is 0 Å². The van der Waals surface area contributed by atoms with Gasteiger partial charge < -0.3 is 19.9 Å². The molecule has 2 N–H and O–H groups in total. The highest BCUT2D eigenvalue weighted by molar-refractivity contribution is 6.33. The number of benzene rings is 2. The number of para-hydroxylation sites is 2. The average molecular weight is 308 g/mol. The molecule has 0 fully saturated rings. The van der Waals surface area contributed by atoms with Crippen LogP contribution in [0.2, 0.25) is 5.02 Å². The molecule has 112 valence electrons. The highest BCUT2D eigenvalue weighted by atomic mass is 35.5. The van der Waals surface area contributed by atoms with Gasteiger partial charge in [-0.05, 0) is 24.3 Å². The van der Waals surface area contributed by atoms with E-state index in [1.165, 1.54) is 0 Å². The monoisotopic (exact) mass is 307 g/mol. The zero-order valence-corrected chi connectivity index (χ0v) is 12.6. The molecule has 2 rings (SSSR count). The van der Waals surface area contributed by atoms with E-state index >= 15 is 0 Å². The number of ether oxygens (including phenoxy) is 3. The smallest absolute Gasteiger partial charge is 0.161 e. The molecular weight excluding hydrogens is 290 g/mol. The van der Waals surface area contributed by atoms with Crippen LogP contribution in [0, 0.1) is 0 Å². The Morgan fingerprint density at radius 3 is 2.43 bits per heavy atom. The summed E-state index contributed by atoms with van der Waals surface area (Å²) in [6.07, 6.45) is 0.751. The Labute approximate surface area is 129 Å². The lowest BCUT2D eigenvalue weighted by molar-refractivity contribution is 0.240. The van der Waals surface area contributed by atoms with Crippen LogP contribution in [0.25, 0.3) is 0 Å². The molecule has 0 spiro atoms. The minimum Gasteiger partial charge on any atom is -0.493 e. The van der Waals surface area contributed by atoms with Crippen LogP contribution in [0.15, 0.2) is 42.5 Å². The van der Waals surface area contributed by atoms with Crippen LogP contribution >= 0.6 is 11.6 Å². The third kappa shape index (κ3) is 4.46. The molecule has 0 bridgehead atoms. The molecule has 2 aromatic carbocycles. The summed E-state index contributed by atoms with van der Waals surface area (Å²) in [5.41, 5.74) is 6.22. The molecule has 4 nitrogen and oxygen atoms in total. The lowest BCUT2D eigenvalue weighted by atomic mass is 10.3. The topological polar surface area (TPSA) is 53.7 Å². The Morgan fingerprint density at radius 2 is 1.71 bits per heavy atom. The standard InChI is InChI=1S/C16H18ClNO3/c1-19-15-5-2-3-6-16(15)21-10-4-9-20-12-7-8-13(17)14(18)11-12/h2-3,5-8,11H,4,9-10,18H2,1H3. The Kier molecular flexibility index (Phi) is 5.58. The lowest BCUT2D eigenvalue weighted by Gasteiger charge is -2.11. The SMILES string of the molecule is COc1ccccc1OCCCOc1ccc(Cl)c(N)c1. The number of halogens is 1. The highest BCUT2D eigenvalue weighted by Crippen LogP contribution is 2.26. The summed E-state index contributed by atoms with van der Waals surface area (Å²) in [7, 11) is 1.62. The third-order valence-corrected chi connectivity index (χ3v) is 3.20. The Bertz CT molecular complexity index is 589. The maximum absolute atomic E-state index is 5.85. The lowest BCUT2D eigenvalue weighted by Crippen LogP contribution is -2.05. The third-order valence-electron chi connectivity index (χ3n) is 2.85. The maximum Gasteiger partial charge on any atom is 0.161 e. The van der Waals surface area contributed by atoms with Gasteiger partial charge in [-0.2, -0.15) is 0 Å². The first-order chi connectivity index (χ1) is 10.2. The number of nitrogens with two attached hydrogens (primary N) is 1. The van der Waals surface area contributed by atoms with Crippen molar-refractivity contribution in [3.05, 3.63) is 47.5 Å². The summed E-state index contributed by atoms with van der Waals surface area (Å²) in [5.74, 6) is 2.16. The maximum atomic E-state index is 5.85. The number of hydrogen-bond acceptors (Lipinski definition) is 4. The van der Waals surface area contributed by atoms with Crippen molar-refractivity contribution in [2.24, 2.45) is 0 Å². The average Bonchev–Trinajstić information content (AvgIpc) is 2.51.